The molecule has 0 saturated carbocycles. The number of ether oxygens (including phenoxy) is 1. The maximum atomic E-state index is 11.4. The number of halogens is 1. The predicted molar refractivity (Wildman–Crippen MR) is 78.2 cm³/mol. The summed E-state index contributed by atoms with van der Waals surface area (Å²) in [4.78, 5) is 22.5. The summed E-state index contributed by atoms with van der Waals surface area (Å²) in [6.07, 6.45) is 2.98. The lowest BCUT2D eigenvalue weighted by molar-refractivity contribution is -0.144. The Labute approximate surface area is 122 Å². The number of primary amides is 1. The second-order valence-corrected chi connectivity index (χ2v) is 4.44. The van der Waals surface area contributed by atoms with E-state index < -0.39 is 0 Å². The number of carbonyl (C=O) groups excluding carboxylic acids is 2. The number of nitrogens with two attached hydrogens (primary N) is 1. The molecular weight excluding hydrogens is 268 g/mol. The molecule has 0 aromatic heterocycles. The molecule has 1 amide bonds. The molecular formula is C13H27ClN2O3. The molecule has 0 saturated heterocycles. The molecule has 114 valence electrons. The number of hydrogen-bond donors (Lipinski definition) is 2. The van der Waals surface area contributed by atoms with Crippen LogP contribution in [0.1, 0.15) is 46.5 Å². The molecule has 0 fully saturated rings. The molecule has 0 spiro atoms. The van der Waals surface area contributed by atoms with E-state index in [1.165, 1.54) is 0 Å². The van der Waals surface area contributed by atoms with E-state index in [-0.39, 0.29) is 36.2 Å². The normalized spacial score (nSPS) is 13.2. The topological polar surface area (TPSA) is 81.4 Å². The highest BCUT2D eigenvalue weighted by atomic mass is 35.5. The number of nitrogens with one attached hydrogen (secondary N) is 1. The zero-order chi connectivity index (χ0) is 14.0. The summed E-state index contributed by atoms with van der Waals surface area (Å²) in [6.45, 7) is 6.80. The maximum Gasteiger partial charge on any atom is 0.306 e. The monoisotopic (exact) mass is 294 g/mol. The Bertz CT molecular complexity index is 262. The molecule has 0 aliphatic rings. The van der Waals surface area contributed by atoms with Crippen LogP contribution in [0.5, 0.6) is 0 Å². The molecule has 5 nitrogen and oxygen atoms in total. The average molecular weight is 295 g/mol. The van der Waals surface area contributed by atoms with Gasteiger partial charge >= 0.3 is 5.97 Å². The Morgan fingerprint density at radius 1 is 1.26 bits per heavy atom. The Morgan fingerprint density at radius 3 is 2.32 bits per heavy atom. The van der Waals surface area contributed by atoms with E-state index in [1.807, 2.05) is 6.92 Å². The quantitative estimate of drug-likeness (QED) is 0.600. The fraction of sp³-hybridized carbons (Fsp3) is 0.846. The van der Waals surface area contributed by atoms with Gasteiger partial charge in [0.05, 0.1) is 12.6 Å². The summed E-state index contributed by atoms with van der Waals surface area (Å²) < 4.78 is 4.94. The molecule has 0 aliphatic heterocycles. The maximum absolute atomic E-state index is 11.4. The van der Waals surface area contributed by atoms with Crippen LogP contribution in [0.4, 0.5) is 0 Å². The van der Waals surface area contributed by atoms with Crippen molar-refractivity contribution in [3.8, 4) is 0 Å². The molecule has 3 N–H and O–H groups in total. The van der Waals surface area contributed by atoms with Crippen LogP contribution in [0.2, 0.25) is 0 Å². The van der Waals surface area contributed by atoms with Crippen molar-refractivity contribution in [2.24, 2.45) is 11.7 Å². The van der Waals surface area contributed by atoms with Gasteiger partial charge in [0.2, 0.25) is 5.91 Å². The Kier molecular flexibility index (Phi) is 13.2. The number of carbonyl (C=O) groups is 2. The van der Waals surface area contributed by atoms with Gasteiger partial charge in [-0.25, -0.2) is 0 Å². The fourth-order valence-corrected chi connectivity index (χ4v) is 1.90. The third-order valence-corrected chi connectivity index (χ3v) is 2.86. The van der Waals surface area contributed by atoms with E-state index in [1.54, 1.807) is 6.92 Å². The first-order valence-corrected chi connectivity index (χ1v) is 6.73. The fourth-order valence-electron chi connectivity index (χ4n) is 1.90. The first kappa shape index (κ1) is 20.5. The largest absolute Gasteiger partial charge is 0.466 e. The SMILES string of the molecule is CCCC(CN[C@@H](CC)C(N)=O)CC(=O)OCC.Cl. The van der Waals surface area contributed by atoms with Crippen LogP contribution < -0.4 is 11.1 Å². The van der Waals surface area contributed by atoms with Crippen LogP contribution in [0, 0.1) is 5.92 Å². The van der Waals surface area contributed by atoms with Crippen LogP contribution in [-0.4, -0.2) is 31.1 Å². The van der Waals surface area contributed by atoms with E-state index >= 15 is 0 Å². The first-order valence-electron chi connectivity index (χ1n) is 6.73. The highest BCUT2D eigenvalue weighted by Gasteiger charge is 2.17. The molecule has 1 unspecified atom stereocenters. The molecule has 0 rings (SSSR count). The molecule has 0 heterocycles. The highest BCUT2D eigenvalue weighted by molar-refractivity contribution is 5.85. The minimum Gasteiger partial charge on any atom is -0.466 e. The number of esters is 1. The molecule has 2 atom stereocenters. The van der Waals surface area contributed by atoms with Crippen molar-refractivity contribution in [1.29, 1.82) is 0 Å². The lowest BCUT2D eigenvalue weighted by Crippen LogP contribution is -2.43. The highest BCUT2D eigenvalue weighted by Crippen LogP contribution is 2.11. The average Bonchev–Trinajstić information content (AvgIpc) is 2.29. The molecule has 0 aliphatic carbocycles. The van der Waals surface area contributed by atoms with E-state index in [0.29, 0.717) is 26.0 Å². The lowest BCUT2D eigenvalue weighted by atomic mass is 9.99. The third-order valence-electron chi connectivity index (χ3n) is 2.86. The molecule has 19 heavy (non-hydrogen) atoms. The van der Waals surface area contributed by atoms with E-state index in [4.69, 9.17) is 10.5 Å². The van der Waals surface area contributed by atoms with Gasteiger partial charge in [0, 0.05) is 6.42 Å². The van der Waals surface area contributed by atoms with Crippen LogP contribution in [0.3, 0.4) is 0 Å². The molecule has 0 bridgehead atoms. The standard InChI is InChI=1S/C13H26N2O3.ClH/c1-4-7-10(8-12(16)18-6-3)9-15-11(5-2)13(14)17;/h10-11,15H,4-9H2,1-3H3,(H2,14,17);1H/t10?,11-;/m0./s1. The second kappa shape index (κ2) is 12.2. The number of hydrogen-bond acceptors (Lipinski definition) is 4. The van der Waals surface area contributed by atoms with Gasteiger partial charge in [-0.05, 0) is 32.2 Å². The summed E-state index contributed by atoms with van der Waals surface area (Å²) in [5, 5.41) is 3.12. The minimum atomic E-state index is -0.344. The Morgan fingerprint density at radius 2 is 1.89 bits per heavy atom. The molecule has 0 aromatic carbocycles. The summed E-state index contributed by atoms with van der Waals surface area (Å²) in [7, 11) is 0. The van der Waals surface area contributed by atoms with Crippen LogP contribution in [-0.2, 0) is 14.3 Å². The minimum absolute atomic E-state index is 0. The summed E-state index contributed by atoms with van der Waals surface area (Å²) >= 11 is 0. The molecule has 6 heteroatoms. The number of amides is 1. The number of rotatable bonds is 10. The van der Waals surface area contributed by atoms with Crippen LogP contribution in [0.15, 0.2) is 0 Å². The second-order valence-electron chi connectivity index (χ2n) is 4.44. The molecule has 0 aromatic rings. The van der Waals surface area contributed by atoms with Crippen molar-refractivity contribution >= 4 is 24.3 Å². The van der Waals surface area contributed by atoms with Gasteiger partial charge in [-0.15, -0.1) is 12.4 Å². The van der Waals surface area contributed by atoms with Crippen molar-refractivity contribution in [3.63, 3.8) is 0 Å². The summed E-state index contributed by atoms with van der Waals surface area (Å²) in [5.41, 5.74) is 5.26. The first-order chi connectivity index (χ1) is 8.54. The van der Waals surface area contributed by atoms with Crippen molar-refractivity contribution in [2.45, 2.75) is 52.5 Å². The van der Waals surface area contributed by atoms with Gasteiger partial charge in [0.25, 0.3) is 0 Å². The Balaban J connectivity index is 0. The van der Waals surface area contributed by atoms with Gasteiger partial charge in [0.1, 0.15) is 0 Å². The zero-order valence-corrected chi connectivity index (χ0v) is 12.9. The van der Waals surface area contributed by atoms with E-state index in [2.05, 4.69) is 12.2 Å². The van der Waals surface area contributed by atoms with Gasteiger partial charge in [0.15, 0.2) is 0 Å². The van der Waals surface area contributed by atoms with Gasteiger partial charge < -0.3 is 15.8 Å². The van der Waals surface area contributed by atoms with Gasteiger partial charge in [-0.2, -0.15) is 0 Å². The summed E-state index contributed by atoms with van der Waals surface area (Å²) in [6, 6.07) is -0.313. The van der Waals surface area contributed by atoms with Gasteiger partial charge in [-0.3, -0.25) is 9.59 Å². The van der Waals surface area contributed by atoms with E-state index in [9.17, 15) is 9.59 Å². The van der Waals surface area contributed by atoms with Gasteiger partial charge in [-0.1, -0.05) is 20.3 Å². The van der Waals surface area contributed by atoms with Crippen molar-refractivity contribution in [1.82, 2.24) is 5.32 Å². The lowest BCUT2D eigenvalue weighted by Gasteiger charge is -2.19. The molecule has 0 radical (unpaired) electrons. The van der Waals surface area contributed by atoms with Crippen LogP contribution >= 0.6 is 12.4 Å². The third kappa shape index (κ3) is 9.73. The summed E-state index contributed by atoms with van der Waals surface area (Å²) in [5.74, 6) is -0.323. The Hall–Kier alpha value is -0.810. The van der Waals surface area contributed by atoms with E-state index in [0.717, 1.165) is 12.8 Å². The zero-order valence-electron chi connectivity index (χ0n) is 12.1. The van der Waals surface area contributed by atoms with Crippen molar-refractivity contribution in [3.05, 3.63) is 0 Å². The smallest absolute Gasteiger partial charge is 0.306 e. The predicted octanol–water partition coefficient (Wildman–Crippen LogP) is 1.63. The van der Waals surface area contributed by atoms with Crippen LogP contribution in [0.25, 0.3) is 0 Å². The van der Waals surface area contributed by atoms with Crippen molar-refractivity contribution in [2.75, 3.05) is 13.2 Å². The van der Waals surface area contributed by atoms with Crippen molar-refractivity contribution < 1.29 is 14.3 Å².